The van der Waals surface area contributed by atoms with Crippen LogP contribution in [0.4, 0.5) is 0 Å². The first kappa shape index (κ1) is 13.5. The first-order valence-electron chi connectivity index (χ1n) is 5.67. The molecule has 5 heteroatoms. The molecular weight excluding hydrogens is 278 g/mol. The maximum atomic E-state index is 12.0. The quantitative estimate of drug-likeness (QED) is 0.792. The van der Waals surface area contributed by atoms with Gasteiger partial charge in [0.15, 0.2) is 0 Å². The van der Waals surface area contributed by atoms with Gasteiger partial charge >= 0.3 is 0 Å². The van der Waals surface area contributed by atoms with E-state index >= 15 is 0 Å². The van der Waals surface area contributed by atoms with Crippen LogP contribution >= 0.6 is 15.9 Å². The van der Waals surface area contributed by atoms with E-state index in [1.807, 2.05) is 6.92 Å². The number of hydrogen-bond donors (Lipinski definition) is 1. The molecule has 3 nitrogen and oxygen atoms in total. The minimum Gasteiger partial charge on any atom is -0.212 e. The molecule has 0 spiro atoms. The number of halogens is 1. The monoisotopic (exact) mass is 297 g/mol. The molecule has 1 aliphatic carbocycles. The Kier molecular flexibility index (Phi) is 5.57. The van der Waals surface area contributed by atoms with Crippen LogP contribution in [-0.2, 0) is 10.0 Å². The van der Waals surface area contributed by atoms with E-state index in [0.717, 1.165) is 32.1 Å². The van der Waals surface area contributed by atoms with Crippen LogP contribution < -0.4 is 4.72 Å². The van der Waals surface area contributed by atoms with Crippen molar-refractivity contribution < 1.29 is 8.42 Å². The Hall–Kier alpha value is 0.390. The molecule has 1 N–H and O–H groups in total. The molecule has 0 heterocycles. The zero-order valence-corrected chi connectivity index (χ0v) is 11.6. The Morgan fingerprint density at radius 3 is 2.40 bits per heavy atom. The second-order valence-electron chi connectivity index (χ2n) is 4.18. The van der Waals surface area contributed by atoms with E-state index in [4.69, 9.17) is 0 Å². The molecule has 0 aromatic rings. The molecule has 1 unspecified atom stereocenters. The third-order valence-electron chi connectivity index (χ3n) is 3.00. The van der Waals surface area contributed by atoms with Crippen molar-refractivity contribution in [2.24, 2.45) is 0 Å². The van der Waals surface area contributed by atoms with Crippen LogP contribution in [0.5, 0.6) is 0 Å². The Balaban J connectivity index is 2.56. The average Bonchev–Trinajstić information content (AvgIpc) is 2.27. The van der Waals surface area contributed by atoms with Crippen molar-refractivity contribution in [1.29, 1.82) is 0 Å². The van der Waals surface area contributed by atoms with Gasteiger partial charge in [0.25, 0.3) is 0 Å². The first-order chi connectivity index (χ1) is 7.10. The standard InChI is InChI=1S/C10H20BrNO2S/c1-2-9(8-11)12-15(13,14)10-6-4-3-5-7-10/h9-10,12H,2-8H2,1H3. The predicted octanol–water partition coefficient (Wildman–Crippen LogP) is 2.41. The van der Waals surface area contributed by atoms with Gasteiger partial charge in [-0.25, -0.2) is 13.1 Å². The molecule has 90 valence electrons. The fraction of sp³-hybridized carbons (Fsp3) is 1.00. The Labute approximate surface area is 101 Å². The highest BCUT2D eigenvalue weighted by atomic mass is 79.9. The van der Waals surface area contributed by atoms with E-state index in [1.165, 1.54) is 6.42 Å². The van der Waals surface area contributed by atoms with Gasteiger partial charge in [-0.15, -0.1) is 0 Å². The molecule has 0 amide bonds. The fourth-order valence-electron chi connectivity index (χ4n) is 1.93. The summed E-state index contributed by atoms with van der Waals surface area (Å²) in [6.07, 6.45) is 5.77. The second-order valence-corrected chi connectivity index (χ2v) is 6.82. The highest BCUT2D eigenvalue weighted by molar-refractivity contribution is 9.09. The van der Waals surface area contributed by atoms with Crippen LogP contribution in [0.25, 0.3) is 0 Å². The highest BCUT2D eigenvalue weighted by Gasteiger charge is 2.28. The van der Waals surface area contributed by atoms with Gasteiger partial charge in [0, 0.05) is 11.4 Å². The minimum atomic E-state index is -3.09. The van der Waals surface area contributed by atoms with Crippen molar-refractivity contribution in [3.05, 3.63) is 0 Å². The number of alkyl halides is 1. The van der Waals surface area contributed by atoms with Crippen LogP contribution in [0.2, 0.25) is 0 Å². The number of sulfonamides is 1. The zero-order chi connectivity index (χ0) is 11.3. The molecule has 1 rings (SSSR count). The summed E-state index contributed by atoms with van der Waals surface area (Å²) in [5.41, 5.74) is 0. The van der Waals surface area contributed by atoms with Gasteiger partial charge in [0.2, 0.25) is 10.0 Å². The Bertz CT molecular complexity index is 269. The smallest absolute Gasteiger partial charge is 0.212 e. The lowest BCUT2D eigenvalue weighted by Crippen LogP contribution is -2.42. The van der Waals surface area contributed by atoms with Crippen LogP contribution in [0.15, 0.2) is 0 Å². The number of nitrogens with one attached hydrogen (secondary N) is 1. The lowest BCUT2D eigenvalue weighted by atomic mass is 10.0. The van der Waals surface area contributed by atoms with E-state index in [-0.39, 0.29) is 11.3 Å². The van der Waals surface area contributed by atoms with Gasteiger partial charge in [-0.1, -0.05) is 42.1 Å². The molecule has 15 heavy (non-hydrogen) atoms. The van der Waals surface area contributed by atoms with E-state index in [9.17, 15) is 8.42 Å². The van der Waals surface area contributed by atoms with Crippen molar-refractivity contribution >= 4 is 26.0 Å². The van der Waals surface area contributed by atoms with E-state index < -0.39 is 10.0 Å². The maximum Gasteiger partial charge on any atom is 0.214 e. The van der Waals surface area contributed by atoms with Crippen LogP contribution in [0.3, 0.4) is 0 Å². The van der Waals surface area contributed by atoms with E-state index in [2.05, 4.69) is 20.7 Å². The fourth-order valence-corrected chi connectivity index (χ4v) is 4.62. The Morgan fingerprint density at radius 1 is 1.33 bits per heavy atom. The number of rotatable bonds is 5. The van der Waals surface area contributed by atoms with Gasteiger partial charge in [0.05, 0.1) is 5.25 Å². The molecule has 0 radical (unpaired) electrons. The average molecular weight is 298 g/mol. The van der Waals surface area contributed by atoms with Crippen molar-refractivity contribution in [2.45, 2.75) is 56.7 Å². The van der Waals surface area contributed by atoms with Crippen LogP contribution in [-0.4, -0.2) is 25.0 Å². The van der Waals surface area contributed by atoms with Gasteiger partial charge in [-0.05, 0) is 19.3 Å². The molecular formula is C10H20BrNO2S. The lowest BCUT2D eigenvalue weighted by molar-refractivity contribution is 0.471. The second kappa shape index (κ2) is 6.21. The van der Waals surface area contributed by atoms with Gasteiger partial charge in [-0.2, -0.15) is 0 Å². The SMILES string of the molecule is CCC(CBr)NS(=O)(=O)C1CCCCC1. The summed E-state index contributed by atoms with van der Waals surface area (Å²) in [5.74, 6) is 0. The van der Waals surface area contributed by atoms with Gasteiger partial charge in [-0.3, -0.25) is 0 Å². The zero-order valence-electron chi connectivity index (χ0n) is 9.21. The highest BCUT2D eigenvalue weighted by Crippen LogP contribution is 2.23. The first-order valence-corrected chi connectivity index (χ1v) is 8.34. The topological polar surface area (TPSA) is 46.2 Å². The summed E-state index contributed by atoms with van der Waals surface area (Å²) in [4.78, 5) is 0. The largest absolute Gasteiger partial charge is 0.214 e. The number of hydrogen-bond acceptors (Lipinski definition) is 2. The molecule has 1 aliphatic rings. The van der Waals surface area contributed by atoms with Gasteiger partial charge < -0.3 is 0 Å². The van der Waals surface area contributed by atoms with Crippen molar-refractivity contribution in [1.82, 2.24) is 4.72 Å². The van der Waals surface area contributed by atoms with Crippen LogP contribution in [0.1, 0.15) is 45.4 Å². The molecule has 0 aromatic heterocycles. The molecule has 1 saturated carbocycles. The summed E-state index contributed by atoms with van der Waals surface area (Å²) in [6.45, 7) is 2.00. The third kappa shape index (κ3) is 4.04. The molecule has 0 aliphatic heterocycles. The molecule has 1 atom stereocenters. The molecule has 0 aromatic carbocycles. The maximum absolute atomic E-state index is 12.0. The van der Waals surface area contributed by atoms with E-state index in [1.54, 1.807) is 0 Å². The summed E-state index contributed by atoms with van der Waals surface area (Å²) < 4.78 is 26.8. The van der Waals surface area contributed by atoms with Crippen LogP contribution in [0, 0.1) is 0 Å². The van der Waals surface area contributed by atoms with E-state index in [0.29, 0.717) is 5.33 Å². The molecule has 1 fully saturated rings. The molecule has 0 saturated heterocycles. The minimum absolute atomic E-state index is 0.0388. The van der Waals surface area contributed by atoms with Gasteiger partial charge in [0.1, 0.15) is 0 Å². The van der Waals surface area contributed by atoms with Crippen molar-refractivity contribution in [3.63, 3.8) is 0 Å². The predicted molar refractivity (Wildman–Crippen MR) is 66.8 cm³/mol. The summed E-state index contributed by atoms with van der Waals surface area (Å²) in [7, 11) is -3.09. The third-order valence-corrected chi connectivity index (χ3v) is 5.79. The lowest BCUT2D eigenvalue weighted by Gasteiger charge is -2.24. The summed E-state index contributed by atoms with van der Waals surface area (Å²) in [5, 5.41) is 0.537. The Morgan fingerprint density at radius 2 is 1.93 bits per heavy atom. The summed E-state index contributed by atoms with van der Waals surface area (Å²) >= 11 is 3.33. The van der Waals surface area contributed by atoms with Crippen molar-refractivity contribution in [3.8, 4) is 0 Å². The molecule has 0 bridgehead atoms. The normalized spacial score (nSPS) is 21.5. The van der Waals surface area contributed by atoms with Crippen molar-refractivity contribution in [2.75, 3.05) is 5.33 Å². The summed E-state index contributed by atoms with van der Waals surface area (Å²) in [6, 6.07) is 0.0388.